The van der Waals surface area contributed by atoms with Gasteiger partial charge in [-0.2, -0.15) is 0 Å². The maximum absolute atomic E-state index is 12.2. The summed E-state index contributed by atoms with van der Waals surface area (Å²) < 4.78 is 5.59. The standard InChI is InChI=1S/C18H19N3O3/c1-21(2)14-8-5-7-13(10-14)17(22)19-20-18(23)16-11-12-6-3-4-9-15(12)24-16/h3-10,16H,11H2,1-2H3,(H,19,22)(H,20,23). The molecule has 1 aliphatic heterocycles. The summed E-state index contributed by atoms with van der Waals surface area (Å²) in [5.41, 5.74) is 7.23. The van der Waals surface area contributed by atoms with Crippen LogP contribution in [0, 0.1) is 0 Å². The third-order valence-corrected chi connectivity index (χ3v) is 3.86. The van der Waals surface area contributed by atoms with E-state index in [0.717, 1.165) is 11.3 Å². The zero-order valence-electron chi connectivity index (χ0n) is 13.6. The van der Waals surface area contributed by atoms with Crippen molar-refractivity contribution in [3.63, 3.8) is 0 Å². The predicted molar refractivity (Wildman–Crippen MR) is 90.9 cm³/mol. The minimum Gasteiger partial charge on any atom is -0.480 e. The highest BCUT2D eigenvalue weighted by molar-refractivity contribution is 5.96. The maximum atomic E-state index is 12.2. The minimum atomic E-state index is -0.629. The van der Waals surface area contributed by atoms with Gasteiger partial charge in [-0.15, -0.1) is 0 Å². The lowest BCUT2D eigenvalue weighted by Gasteiger charge is -2.14. The van der Waals surface area contributed by atoms with E-state index in [0.29, 0.717) is 17.7 Å². The summed E-state index contributed by atoms with van der Waals surface area (Å²) in [6.45, 7) is 0. The number of nitrogens with one attached hydrogen (secondary N) is 2. The SMILES string of the molecule is CN(C)c1cccc(C(=O)NNC(=O)C2Cc3ccccc3O2)c1. The molecule has 0 bridgehead atoms. The summed E-state index contributed by atoms with van der Waals surface area (Å²) in [6, 6.07) is 14.7. The van der Waals surface area contributed by atoms with Gasteiger partial charge in [0, 0.05) is 31.8 Å². The molecule has 6 nitrogen and oxygen atoms in total. The van der Waals surface area contributed by atoms with Crippen molar-refractivity contribution in [1.29, 1.82) is 0 Å². The van der Waals surface area contributed by atoms with E-state index in [1.807, 2.05) is 49.3 Å². The Kier molecular flexibility index (Phi) is 4.37. The number of rotatable bonds is 3. The number of benzene rings is 2. The number of ether oxygens (including phenoxy) is 1. The zero-order chi connectivity index (χ0) is 17.1. The van der Waals surface area contributed by atoms with Crippen LogP contribution in [0.4, 0.5) is 5.69 Å². The van der Waals surface area contributed by atoms with E-state index < -0.39 is 6.10 Å². The second kappa shape index (κ2) is 6.62. The average Bonchev–Trinajstić information content (AvgIpc) is 3.03. The Morgan fingerprint density at radius 1 is 1.08 bits per heavy atom. The van der Waals surface area contributed by atoms with Gasteiger partial charge >= 0.3 is 0 Å². The largest absolute Gasteiger partial charge is 0.480 e. The molecular formula is C18H19N3O3. The van der Waals surface area contributed by atoms with Crippen molar-refractivity contribution in [2.24, 2.45) is 0 Å². The Balaban J connectivity index is 1.57. The number of hydrogen-bond acceptors (Lipinski definition) is 4. The van der Waals surface area contributed by atoms with Crippen molar-refractivity contribution < 1.29 is 14.3 Å². The van der Waals surface area contributed by atoms with Crippen molar-refractivity contribution in [3.05, 3.63) is 59.7 Å². The zero-order valence-corrected chi connectivity index (χ0v) is 13.6. The second-order valence-corrected chi connectivity index (χ2v) is 5.81. The van der Waals surface area contributed by atoms with E-state index in [2.05, 4.69) is 10.9 Å². The van der Waals surface area contributed by atoms with Crippen LogP contribution in [0.1, 0.15) is 15.9 Å². The molecule has 2 amide bonds. The van der Waals surface area contributed by atoms with Crippen molar-refractivity contribution in [2.45, 2.75) is 12.5 Å². The molecule has 124 valence electrons. The van der Waals surface area contributed by atoms with E-state index >= 15 is 0 Å². The van der Waals surface area contributed by atoms with Crippen molar-refractivity contribution in [1.82, 2.24) is 10.9 Å². The first kappa shape index (κ1) is 15.9. The van der Waals surface area contributed by atoms with Crippen LogP contribution in [0.3, 0.4) is 0 Å². The first-order chi connectivity index (χ1) is 11.5. The number of nitrogens with zero attached hydrogens (tertiary/aromatic N) is 1. The smallest absolute Gasteiger partial charge is 0.279 e. The quantitative estimate of drug-likeness (QED) is 0.840. The van der Waals surface area contributed by atoms with Crippen LogP contribution in [-0.2, 0) is 11.2 Å². The van der Waals surface area contributed by atoms with Crippen LogP contribution in [0.2, 0.25) is 0 Å². The van der Waals surface area contributed by atoms with Crippen LogP contribution in [0.15, 0.2) is 48.5 Å². The Morgan fingerprint density at radius 3 is 2.62 bits per heavy atom. The van der Waals surface area contributed by atoms with Crippen LogP contribution in [-0.4, -0.2) is 32.0 Å². The Labute approximate surface area is 140 Å². The van der Waals surface area contributed by atoms with Gasteiger partial charge in [-0.1, -0.05) is 24.3 Å². The van der Waals surface area contributed by atoms with Crippen molar-refractivity contribution in [3.8, 4) is 5.75 Å². The van der Waals surface area contributed by atoms with Crippen LogP contribution < -0.4 is 20.5 Å². The highest BCUT2D eigenvalue weighted by atomic mass is 16.5. The lowest BCUT2D eigenvalue weighted by Crippen LogP contribution is -2.47. The third-order valence-electron chi connectivity index (χ3n) is 3.86. The summed E-state index contributed by atoms with van der Waals surface area (Å²) in [6.07, 6.45) is -0.135. The molecule has 1 aliphatic rings. The third kappa shape index (κ3) is 3.32. The molecule has 0 saturated heterocycles. The molecule has 3 rings (SSSR count). The van der Waals surface area contributed by atoms with Gasteiger partial charge in [-0.05, 0) is 29.8 Å². The van der Waals surface area contributed by atoms with E-state index in [4.69, 9.17) is 4.74 Å². The number of amides is 2. The fourth-order valence-electron chi connectivity index (χ4n) is 2.52. The van der Waals surface area contributed by atoms with Crippen molar-refractivity contribution in [2.75, 3.05) is 19.0 Å². The fourth-order valence-corrected chi connectivity index (χ4v) is 2.52. The first-order valence-corrected chi connectivity index (χ1v) is 7.67. The molecule has 1 unspecified atom stereocenters. The molecule has 0 saturated carbocycles. The minimum absolute atomic E-state index is 0.372. The second-order valence-electron chi connectivity index (χ2n) is 5.81. The molecule has 0 spiro atoms. The summed E-state index contributed by atoms with van der Waals surface area (Å²) in [5, 5.41) is 0. The summed E-state index contributed by atoms with van der Waals surface area (Å²) >= 11 is 0. The molecular weight excluding hydrogens is 306 g/mol. The monoisotopic (exact) mass is 325 g/mol. The average molecular weight is 325 g/mol. The van der Waals surface area contributed by atoms with E-state index in [9.17, 15) is 9.59 Å². The first-order valence-electron chi connectivity index (χ1n) is 7.67. The molecule has 2 aromatic rings. The summed E-state index contributed by atoms with van der Waals surface area (Å²) in [5.74, 6) is -0.0338. The topological polar surface area (TPSA) is 70.7 Å². The molecule has 6 heteroatoms. The van der Waals surface area contributed by atoms with Gasteiger partial charge in [-0.25, -0.2) is 0 Å². The highest BCUT2D eigenvalue weighted by Gasteiger charge is 2.29. The van der Waals surface area contributed by atoms with Crippen LogP contribution >= 0.6 is 0 Å². The van der Waals surface area contributed by atoms with Crippen molar-refractivity contribution >= 4 is 17.5 Å². The molecule has 2 aromatic carbocycles. The fraction of sp³-hybridized carbons (Fsp3) is 0.222. The maximum Gasteiger partial charge on any atom is 0.279 e. The number of para-hydroxylation sites is 1. The lowest BCUT2D eigenvalue weighted by atomic mass is 10.1. The summed E-state index contributed by atoms with van der Waals surface area (Å²) in [7, 11) is 3.79. The van der Waals surface area contributed by atoms with Gasteiger partial charge in [0.2, 0.25) is 0 Å². The van der Waals surface area contributed by atoms with Gasteiger partial charge in [-0.3, -0.25) is 20.4 Å². The molecule has 2 N–H and O–H groups in total. The van der Waals surface area contributed by atoms with E-state index in [-0.39, 0.29) is 11.8 Å². The molecule has 24 heavy (non-hydrogen) atoms. The lowest BCUT2D eigenvalue weighted by molar-refractivity contribution is -0.128. The van der Waals surface area contributed by atoms with Gasteiger partial charge in [0.15, 0.2) is 6.10 Å². The van der Waals surface area contributed by atoms with E-state index in [1.54, 1.807) is 18.2 Å². The van der Waals surface area contributed by atoms with Gasteiger partial charge in [0.05, 0.1) is 0 Å². The molecule has 1 atom stereocenters. The number of fused-ring (bicyclic) bond motifs is 1. The predicted octanol–water partition coefficient (Wildman–Crippen LogP) is 1.52. The number of carbonyl (C=O) groups is 2. The van der Waals surface area contributed by atoms with Gasteiger partial charge in [0.1, 0.15) is 5.75 Å². The number of carbonyl (C=O) groups excluding carboxylic acids is 2. The Morgan fingerprint density at radius 2 is 1.88 bits per heavy atom. The number of hydrazine groups is 1. The highest BCUT2D eigenvalue weighted by Crippen LogP contribution is 2.27. The molecule has 0 fully saturated rings. The molecule has 1 heterocycles. The number of hydrogen-bond donors (Lipinski definition) is 2. The summed E-state index contributed by atoms with van der Waals surface area (Å²) in [4.78, 5) is 26.2. The Hall–Kier alpha value is -3.02. The van der Waals surface area contributed by atoms with Gasteiger partial charge in [0.25, 0.3) is 11.8 Å². The molecule has 0 radical (unpaired) electrons. The van der Waals surface area contributed by atoms with Crippen LogP contribution in [0.5, 0.6) is 5.75 Å². The normalized spacial score (nSPS) is 15.2. The van der Waals surface area contributed by atoms with Gasteiger partial charge < -0.3 is 9.64 Å². The Bertz CT molecular complexity index is 749. The molecule has 0 aromatic heterocycles. The van der Waals surface area contributed by atoms with Crippen LogP contribution in [0.25, 0.3) is 0 Å². The van der Waals surface area contributed by atoms with E-state index in [1.165, 1.54) is 0 Å². The number of anilines is 1. The molecule has 0 aliphatic carbocycles.